The van der Waals surface area contributed by atoms with Crippen molar-refractivity contribution in [3.05, 3.63) is 42.2 Å². The van der Waals surface area contributed by atoms with Gasteiger partial charge in [0.1, 0.15) is 18.2 Å². The minimum atomic E-state index is -1.08. The molecule has 7 nitrogen and oxygen atoms in total. The molecule has 1 aromatic heterocycles. The van der Waals surface area contributed by atoms with Gasteiger partial charge in [0.05, 0.1) is 11.9 Å². The summed E-state index contributed by atoms with van der Waals surface area (Å²) in [6.07, 6.45) is 2.55. The zero-order valence-electron chi connectivity index (χ0n) is 10.5. The molecule has 0 fully saturated rings. The lowest BCUT2D eigenvalue weighted by Gasteiger charge is -2.06. The lowest BCUT2D eigenvalue weighted by Crippen LogP contribution is -2.19. The molecule has 0 spiro atoms. The summed E-state index contributed by atoms with van der Waals surface area (Å²) in [6, 6.07) is 1.85. The number of rotatable bonds is 4. The molecule has 0 aliphatic heterocycles. The predicted molar refractivity (Wildman–Crippen MR) is 68.9 cm³/mol. The second-order valence-corrected chi connectivity index (χ2v) is 4.06. The van der Waals surface area contributed by atoms with Gasteiger partial charge in [-0.25, -0.2) is 13.6 Å². The van der Waals surface area contributed by atoms with E-state index in [1.807, 2.05) is 0 Å². The van der Waals surface area contributed by atoms with E-state index in [0.29, 0.717) is 6.07 Å². The van der Waals surface area contributed by atoms with Crippen LogP contribution in [0.3, 0.4) is 0 Å². The SMILES string of the molecule is O=C(O)Cn1cc(NC(=O)Nc2cc(F)cc(F)c2)cn1. The number of aliphatic carboxylic acids is 1. The second-order valence-electron chi connectivity index (χ2n) is 4.06. The van der Waals surface area contributed by atoms with Crippen LogP contribution < -0.4 is 10.6 Å². The van der Waals surface area contributed by atoms with Gasteiger partial charge in [0.15, 0.2) is 0 Å². The average molecular weight is 296 g/mol. The summed E-state index contributed by atoms with van der Waals surface area (Å²) in [5.41, 5.74) is 0.188. The van der Waals surface area contributed by atoms with Crippen LogP contribution in [0, 0.1) is 11.6 Å². The van der Waals surface area contributed by atoms with E-state index in [2.05, 4.69) is 15.7 Å². The fourth-order valence-electron chi connectivity index (χ4n) is 1.57. The molecule has 2 aromatic rings. The number of amides is 2. The van der Waals surface area contributed by atoms with Crippen molar-refractivity contribution in [2.45, 2.75) is 6.54 Å². The maximum absolute atomic E-state index is 12.9. The number of aromatic nitrogens is 2. The van der Waals surface area contributed by atoms with Crippen LogP contribution >= 0.6 is 0 Å². The number of nitrogens with zero attached hydrogens (tertiary/aromatic N) is 2. The molecule has 1 heterocycles. The maximum atomic E-state index is 12.9. The van der Waals surface area contributed by atoms with Crippen LogP contribution in [0.15, 0.2) is 30.6 Å². The van der Waals surface area contributed by atoms with Crippen LogP contribution in [-0.2, 0) is 11.3 Å². The number of nitrogens with one attached hydrogen (secondary N) is 2. The Morgan fingerprint density at radius 2 is 1.76 bits per heavy atom. The third-order valence-corrected chi connectivity index (χ3v) is 2.31. The highest BCUT2D eigenvalue weighted by atomic mass is 19.1. The summed E-state index contributed by atoms with van der Waals surface area (Å²) in [5, 5.41) is 16.9. The Morgan fingerprint density at radius 1 is 1.14 bits per heavy atom. The fourth-order valence-corrected chi connectivity index (χ4v) is 1.57. The Labute approximate surface area is 117 Å². The molecule has 0 aliphatic rings. The molecule has 3 N–H and O–H groups in total. The van der Waals surface area contributed by atoms with Gasteiger partial charge in [-0.2, -0.15) is 5.10 Å². The van der Waals surface area contributed by atoms with Gasteiger partial charge in [-0.1, -0.05) is 0 Å². The maximum Gasteiger partial charge on any atom is 0.325 e. The first-order valence-electron chi connectivity index (χ1n) is 5.71. The first kappa shape index (κ1) is 14.4. The topological polar surface area (TPSA) is 96.2 Å². The first-order chi connectivity index (χ1) is 9.92. The molecule has 21 heavy (non-hydrogen) atoms. The number of hydrogen-bond donors (Lipinski definition) is 3. The highest BCUT2D eigenvalue weighted by Gasteiger charge is 2.08. The number of carbonyl (C=O) groups is 2. The molecule has 0 atom stereocenters. The molecule has 0 radical (unpaired) electrons. The van der Waals surface area contributed by atoms with Crippen molar-refractivity contribution < 1.29 is 23.5 Å². The Morgan fingerprint density at radius 3 is 2.38 bits per heavy atom. The fraction of sp³-hybridized carbons (Fsp3) is 0.0833. The molecule has 2 amide bonds. The van der Waals surface area contributed by atoms with Crippen molar-refractivity contribution in [1.82, 2.24) is 9.78 Å². The Kier molecular flexibility index (Phi) is 4.12. The van der Waals surface area contributed by atoms with E-state index in [1.165, 1.54) is 12.4 Å². The van der Waals surface area contributed by atoms with Gasteiger partial charge in [-0.3, -0.25) is 9.48 Å². The number of urea groups is 1. The highest BCUT2D eigenvalue weighted by molar-refractivity contribution is 5.99. The standard InChI is InChI=1S/C12H10F2N4O3/c13-7-1-8(14)3-9(2-7)16-12(21)17-10-4-15-18(5-10)6-11(19)20/h1-5H,6H2,(H,19,20)(H2,16,17,21). The third-order valence-electron chi connectivity index (χ3n) is 2.31. The van der Waals surface area contributed by atoms with E-state index < -0.39 is 23.6 Å². The molecule has 2 rings (SSSR count). The lowest BCUT2D eigenvalue weighted by molar-refractivity contribution is -0.137. The Balaban J connectivity index is 1.98. The number of benzene rings is 1. The number of carboxylic acid groups (broad SMARTS) is 1. The Hall–Kier alpha value is -2.97. The van der Waals surface area contributed by atoms with Gasteiger partial charge < -0.3 is 15.7 Å². The molecular weight excluding hydrogens is 286 g/mol. The van der Waals surface area contributed by atoms with Crippen molar-refractivity contribution >= 4 is 23.4 Å². The van der Waals surface area contributed by atoms with E-state index in [1.54, 1.807) is 0 Å². The molecule has 9 heteroatoms. The summed E-state index contributed by atoms with van der Waals surface area (Å²) >= 11 is 0. The van der Waals surface area contributed by atoms with Crippen molar-refractivity contribution in [2.24, 2.45) is 0 Å². The number of carboxylic acids is 1. The van der Waals surface area contributed by atoms with Crippen LogP contribution in [0.25, 0.3) is 0 Å². The smallest absolute Gasteiger partial charge is 0.325 e. The summed E-state index contributed by atoms with van der Waals surface area (Å²) < 4.78 is 27.0. The highest BCUT2D eigenvalue weighted by Crippen LogP contribution is 2.13. The number of carbonyl (C=O) groups excluding carboxylic acids is 1. The van der Waals surface area contributed by atoms with Gasteiger partial charge in [0.2, 0.25) is 0 Å². The average Bonchev–Trinajstić information content (AvgIpc) is 2.73. The van der Waals surface area contributed by atoms with E-state index in [0.717, 1.165) is 16.8 Å². The van der Waals surface area contributed by atoms with Crippen LogP contribution in [-0.4, -0.2) is 26.9 Å². The van der Waals surface area contributed by atoms with Crippen LogP contribution in [0.5, 0.6) is 0 Å². The van der Waals surface area contributed by atoms with Gasteiger partial charge in [0, 0.05) is 18.0 Å². The molecule has 110 valence electrons. The summed E-state index contributed by atoms with van der Waals surface area (Å²) in [7, 11) is 0. The van der Waals surface area contributed by atoms with Crippen molar-refractivity contribution in [1.29, 1.82) is 0 Å². The zero-order chi connectivity index (χ0) is 15.4. The first-order valence-corrected chi connectivity index (χ1v) is 5.71. The van der Waals surface area contributed by atoms with E-state index in [4.69, 9.17) is 5.11 Å². The van der Waals surface area contributed by atoms with Gasteiger partial charge in [-0.15, -0.1) is 0 Å². The van der Waals surface area contributed by atoms with E-state index in [9.17, 15) is 18.4 Å². The molecule has 0 saturated carbocycles. The molecule has 0 aliphatic carbocycles. The van der Waals surface area contributed by atoms with E-state index in [-0.39, 0.29) is 17.9 Å². The van der Waals surface area contributed by atoms with Gasteiger partial charge in [-0.05, 0) is 12.1 Å². The Bertz CT molecular complexity index is 667. The van der Waals surface area contributed by atoms with Crippen molar-refractivity contribution in [3.63, 3.8) is 0 Å². The minimum Gasteiger partial charge on any atom is -0.480 e. The van der Waals surface area contributed by atoms with E-state index >= 15 is 0 Å². The molecule has 0 saturated heterocycles. The van der Waals surface area contributed by atoms with Crippen molar-refractivity contribution in [3.8, 4) is 0 Å². The third kappa shape index (κ3) is 4.27. The molecule has 0 unspecified atom stereocenters. The van der Waals surface area contributed by atoms with Crippen molar-refractivity contribution in [2.75, 3.05) is 10.6 Å². The summed E-state index contributed by atoms with van der Waals surface area (Å²) in [6.45, 7) is -0.349. The van der Waals surface area contributed by atoms with Crippen LogP contribution in [0.1, 0.15) is 0 Å². The quantitative estimate of drug-likeness (QED) is 0.802. The predicted octanol–water partition coefficient (Wildman–Crippen LogP) is 1.89. The second kappa shape index (κ2) is 5.99. The van der Waals surface area contributed by atoms with Crippen LogP contribution in [0.2, 0.25) is 0 Å². The number of hydrogen-bond acceptors (Lipinski definition) is 3. The monoisotopic (exact) mass is 296 g/mol. The molecular formula is C12H10F2N4O3. The summed E-state index contributed by atoms with van der Waals surface area (Å²) in [4.78, 5) is 22.1. The number of anilines is 2. The largest absolute Gasteiger partial charge is 0.480 e. The minimum absolute atomic E-state index is 0.0528. The molecule has 1 aromatic carbocycles. The zero-order valence-corrected chi connectivity index (χ0v) is 10.5. The molecule has 0 bridgehead atoms. The summed E-state index contributed by atoms with van der Waals surface area (Å²) in [5.74, 6) is -2.72. The lowest BCUT2D eigenvalue weighted by atomic mass is 10.3. The normalized spacial score (nSPS) is 10.2. The van der Waals surface area contributed by atoms with Gasteiger partial charge >= 0.3 is 12.0 Å². The van der Waals surface area contributed by atoms with Crippen LogP contribution in [0.4, 0.5) is 25.0 Å². The number of halogens is 2. The van der Waals surface area contributed by atoms with Gasteiger partial charge in [0.25, 0.3) is 0 Å².